The molecular formula is C12H7NO3. The molecular weight excluding hydrogens is 206 g/mol. The first kappa shape index (κ1) is 9.03. The second kappa shape index (κ2) is 2.88. The van der Waals surface area contributed by atoms with Crippen molar-refractivity contribution >= 4 is 22.2 Å². The van der Waals surface area contributed by atoms with E-state index >= 15 is 0 Å². The van der Waals surface area contributed by atoms with Crippen LogP contribution >= 0.6 is 0 Å². The topological polar surface area (TPSA) is 60.2 Å². The Hall–Kier alpha value is -2.23. The van der Waals surface area contributed by atoms with Gasteiger partial charge in [-0.25, -0.2) is 0 Å². The summed E-state index contributed by atoms with van der Waals surface area (Å²) < 4.78 is 0. The van der Waals surface area contributed by atoms with Gasteiger partial charge in [0.1, 0.15) is 0 Å². The SMILES string of the molecule is O=C1Cc2cccc3c([N+](=O)[O-])ccc1c23. The van der Waals surface area contributed by atoms with Crippen molar-refractivity contribution in [1.82, 2.24) is 0 Å². The highest BCUT2D eigenvalue weighted by atomic mass is 16.6. The summed E-state index contributed by atoms with van der Waals surface area (Å²) in [5.74, 6) is 0.0427. The number of benzene rings is 2. The van der Waals surface area contributed by atoms with Gasteiger partial charge in [-0.3, -0.25) is 14.9 Å². The van der Waals surface area contributed by atoms with Crippen LogP contribution in [-0.4, -0.2) is 10.7 Å². The molecule has 0 aliphatic heterocycles. The third kappa shape index (κ3) is 1.01. The minimum absolute atomic E-state index is 0.0427. The molecule has 78 valence electrons. The molecule has 0 heterocycles. The molecule has 2 aromatic rings. The number of Topliss-reactive ketones (excluding diaryl/α,β-unsaturated/α-hetero) is 1. The van der Waals surface area contributed by atoms with Gasteiger partial charge in [0.2, 0.25) is 0 Å². The van der Waals surface area contributed by atoms with E-state index < -0.39 is 4.92 Å². The Morgan fingerprint density at radius 3 is 2.75 bits per heavy atom. The van der Waals surface area contributed by atoms with E-state index in [0.29, 0.717) is 17.4 Å². The van der Waals surface area contributed by atoms with Crippen molar-refractivity contribution in [1.29, 1.82) is 0 Å². The maximum atomic E-state index is 11.7. The third-order valence-corrected chi connectivity index (χ3v) is 2.95. The van der Waals surface area contributed by atoms with Crippen LogP contribution in [0.5, 0.6) is 0 Å². The van der Waals surface area contributed by atoms with Crippen molar-refractivity contribution in [2.24, 2.45) is 0 Å². The molecule has 4 nitrogen and oxygen atoms in total. The number of nitrogens with zero attached hydrogens (tertiary/aromatic N) is 1. The summed E-state index contributed by atoms with van der Waals surface area (Å²) in [5, 5.41) is 12.2. The van der Waals surface area contributed by atoms with Crippen LogP contribution in [0.25, 0.3) is 10.8 Å². The van der Waals surface area contributed by atoms with Crippen molar-refractivity contribution < 1.29 is 9.72 Å². The van der Waals surface area contributed by atoms with Crippen molar-refractivity contribution in [3.05, 3.63) is 51.6 Å². The van der Waals surface area contributed by atoms with Crippen molar-refractivity contribution in [2.75, 3.05) is 0 Å². The van der Waals surface area contributed by atoms with Crippen LogP contribution in [0.3, 0.4) is 0 Å². The summed E-state index contributed by atoms with van der Waals surface area (Å²) in [7, 11) is 0. The highest BCUT2D eigenvalue weighted by molar-refractivity contribution is 6.17. The molecule has 0 atom stereocenters. The Bertz CT molecular complexity index is 646. The molecule has 16 heavy (non-hydrogen) atoms. The quantitative estimate of drug-likeness (QED) is 0.540. The first-order chi connectivity index (χ1) is 7.68. The third-order valence-electron chi connectivity index (χ3n) is 2.95. The maximum absolute atomic E-state index is 11.7. The molecule has 4 heteroatoms. The zero-order chi connectivity index (χ0) is 11.3. The molecule has 0 amide bonds. The molecule has 1 aliphatic carbocycles. The van der Waals surface area contributed by atoms with Gasteiger partial charge in [0.05, 0.1) is 10.3 Å². The van der Waals surface area contributed by atoms with Crippen molar-refractivity contribution in [2.45, 2.75) is 6.42 Å². The Balaban J connectivity index is 2.51. The van der Waals surface area contributed by atoms with Crippen molar-refractivity contribution in [3.8, 4) is 0 Å². The Kier molecular flexibility index (Phi) is 1.63. The lowest BCUT2D eigenvalue weighted by molar-refractivity contribution is -0.383. The van der Waals surface area contributed by atoms with Gasteiger partial charge in [-0.1, -0.05) is 12.1 Å². The number of non-ortho nitro benzene ring substituents is 1. The number of carbonyl (C=O) groups is 1. The number of rotatable bonds is 1. The lowest BCUT2D eigenvalue weighted by atomic mass is 10.0. The highest BCUT2D eigenvalue weighted by Gasteiger charge is 2.25. The van der Waals surface area contributed by atoms with E-state index in [9.17, 15) is 14.9 Å². The Morgan fingerprint density at radius 2 is 2.00 bits per heavy atom. The lowest BCUT2D eigenvalue weighted by Crippen LogP contribution is -1.94. The predicted octanol–water partition coefficient (Wildman–Crippen LogP) is 2.49. The Morgan fingerprint density at radius 1 is 1.19 bits per heavy atom. The number of nitro benzene ring substituents is 1. The van der Waals surface area contributed by atoms with E-state index in [0.717, 1.165) is 10.9 Å². The van der Waals surface area contributed by atoms with Crippen LogP contribution in [0.2, 0.25) is 0 Å². The van der Waals surface area contributed by atoms with E-state index in [-0.39, 0.29) is 11.5 Å². The van der Waals surface area contributed by atoms with Crippen molar-refractivity contribution in [3.63, 3.8) is 0 Å². The first-order valence-electron chi connectivity index (χ1n) is 4.90. The zero-order valence-electron chi connectivity index (χ0n) is 8.27. The van der Waals surface area contributed by atoms with Gasteiger partial charge < -0.3 is 0 Å². The number of ketones is 1. The van der Waals surface area contributed by atoms with E-state index in [2.05, 4.69) is 0 Å². The molecule has 0 aromatic heterocycles. The summed E-state index contributed by atoms with van der Waals surface area (Å²) >= 11 is 0. The standard InChI is InChI=1S/C12H7NO3/c14-11-6-7-2-1-3-8-10(13(15)16)5-4-9(11)12(7)8/h1-5H,6H2. The molecule has 0 bridgehead atoms. The summed E-state index contributed by atoms with van der Waals surface area (Å²) in [6, 6.07) is 8.26. The molecule has 0 unspecified atom stereocenters. The van der Waals surface area contributed by atoms with Crippen LogP contribution in [-0.2, 0) is 6.42 Å². The summed E-state index contributed by atoms with van der Waals surface area (Å²) in [5.41, 5.74) is 1.56. The van der Waals surface area contributed by atoms with Crippen LogP contribution in [0.4, 0.5) is 5.69 Å². The van der Waals surface area contributed by atoms with Gasteiger partial charge in [0, 0.05) is 23.4 Å². The second-order valence-corrected chi connectivity index (χ2v) is 3.83. The minimum Gasteiger partial charge on any atom is -0.294 e. The first-order valence-corrected chi connectivity index (χ1v) is 4.90. The molecule has 0 saturated carbocycles. The molecule has 0 radical (unpaired) electrons. The number of carbonyl (C=O) groups excluding carboxylic acids is 1. The minimum atomic E-state index is -0.411. The molecule has 0 N–H and O–H groups in total. The molecule has 0 saturated heterocycles. The molecule has 1 aliphatic rings. The average molecular weight is 213 g/mol. The maximum Gasteiger partial charge on any atom is 0.277 e. The highest BCUT2D eigenvalue weighted by Crippen LogP contribution is 2.35. The van der Waals surface area contributed by atoms with Gasteiger partial charge in [-0.2, -0.15) is 0 Å². The molecule has 3 rings (SSSR count). The second-order valence-electron chi connectivity index (χ2n) is 3.83. The van der Waals surface area contributed by atoms with Gasteiger partial charge in [-0.05, 0) is 17.7 Å². The predicted molar refractivity (Wildman–Crippen MR) is 58.6 cm³/mol. The number of hydrogen-bond acceptors (Lipinski definition) is 3. The van der Waals surface area contributed by atoms with E-state index in [1.165, 1.54) is 6.07 Å². The molecule has 0 spiro atoms. The van der Waals surface area contributed by atoms with E-state index in [1.54, 1.807) is 18.2 Å². The number of hydrogen-bond donors (Lipinski definition) is 0. The Labute approximate surface area is 90.7 Å². The number of nitro groups is 1. The normalized spacial score (nSPS) is 13.4. The van der Waals surface area contributed by atoms with Gasteiger partial charge in [0.25, 0.3) is 5.69 Å². The van der Waals surface area contributed by atoms with E-state index in [4.69, 9.17) is 0 Å². The zero-order valence-corrected chi connectivity index (χ0v) is 8.27. The van der Waals surface area contributed by atoms with Gasteiger partial charge >= 0.3 is 0 Å². The average Bonchev–Trinajstić information content (AvgIpc) is 2.58. The monoisotopic (exact) mass is 213 g/mol. The lowest BCUT2D eigenvalue weighted by Gasteiger charge is -2.01. The smallest absolute Gasteiger partial charge is 0.277 e. The summed E-state index contributed by atoms with van der Waals surface area (Å²) in [6.07, 6.45) is 0.355. The van der Waals surface area contributed by atoms with Crippen LogP contribution < -0.4 is 0 Å². The van der Waals surface area contributed by atoms with Crippen LogP contribution in [0.15, 0.2) is 30.3 Å². The summed E-state index contributed by atoms with van der Waals surface area (Å²) in [6.45, 7) is 0. The van der Waals surface area contributed by atoms with Crippen LogP contribution in [0, 0.1) is 10.1 Å². The fraction of sp³-hybridized carbons (Fsp3) is 0.0833. The largest absolute Gasteiger partial charge is 0.294 e. The molecule has 0 fully saturated rings. The molecule has 2 aromatic carbocycles. The van der Waals surface area contributed by atoms with Crippen LogP contribution in [0.1, 0.15) is 15.9 Å². The summed E-state index contributed by atoms with van der Waals surface area (Å²) in [4.78, 5) is 22.1. The van der Waals surface area contributed by atoms with Gasteiger partial charge in [0.15, 0.2) is 5.78 Å². The fourth-order valence-corrected chi connectivity index (χ4v) is 2.27. The van der Waals surface area contributed by atoms with Gasteiger partial charge in [-0.15, -0.1) is 0 Å². The van der Waals surface area contributed by atoms with E-state index in [1.807, 2.05) is 6.07 Å². The fourth-order valence-electron chi connectivity index (χ4n) is 2.27.